The predicted molar refractivity (Wildman–Crippen MR) is 109 cm³/mol. The second-order valence-corrected chi connectivity index (χ2v) is 7.51. The van der Waals surface area contributed by atoms with Crippen molar-refractivity contribution in [3.63, 3.8) is 0 Å². The molecule has 1 heterocycles. The van der Waals surface area contributed by atoms with E-state index in [1.54, 1.807) is 12.4 Å². The minimum atomic E-state index is -0.123. The first-order chi connectivity index (χ1) is 12.3. The molecule has 4 nitrogen and oxygen atoms in total. The van der Waals surface area contributed by atoms with Crippen molar-refractivity contribution >= 4 is 40.9 Å². The molecule has 136 valence electrons. The molecule has 2 aromatic carbocycles. The van der Waals surface area contributed by atoms with E-state index < -0.39 is 0 Å². The minimum absolute atomic E-state index is 0.123. The number of benzene rings is 2. The normalized spacial score (nSPS) is 16.7. The lowest BCUT2D eigenvalue weighted by Crippen LogP contribution is -2.07. The van der Waals surface area contributed by atoms with Gasteiger partial charge in [-0.15, -0.1) is 0 Å². The highest BCUT2D eigenvalue weighted by Crippen LogP contribution is 2.36. The van der Waals surface area contributed by atoms with Crippen LogP contribution in [0.1, 0.15) is 34.8 Å². The van der Waals surface area contributed by atoms with Gasteiger partial charge >= 0.3 is 0 Å². The summed E-state index contributed by atoms with van der Waals surface area (Å²) in [6, 6.07) is 9.63. The molecule has 0 spiro atoms. The van der Waals surface area contributed by atoms with Gasteiger partial charge in [-0.05, 0) is 54.8 Å². The van der Waals surface area contributed by atoms with Gasteiger partial charge in [0.1, 0.15) is 0 Å². The van der Waals surface area contributed by atoms with Gasteiger partial charge in [-0.3, -0.25) is 0 Å². The van der Waals surface area contributed by atoms with Crippen LogP contribution in [0.25, 0.3) is 0 Å². The van der Waals surface area contributed by atoms with Crippen molar-refractivity contribution in [1.29, 1.82) is 0 Å². The lowest BCUT2D eigenvalue weighted by atomic mass is 9.95. The summed E-state index contributed by atoms with van der Waals surface area (Å²) >= 11 is 12.3. The number of nitrogens with zero attached hydrogens (tertiary/aromatic N) is 3. The van der Waals surface area contributed by atoms with Gasteiger partial charge < -0.3 is 9.74 Å². The summed E-state index contributed by atoms with van der Waals surface area (Å²) in [5.41, 5.74) is 6.01. The number of hydrogen-bond donors (Lipinski definition) is 0. The van der Waals surface area contributed by atoms with Crippen LogP contribution in [-0.2, 0) is 4.84 Å². The highest BCUT2D eigenvalue weighted by molar-refractivity contribution is 6.37. The molecule has 0 aromatic heterocycles. The molecule has 1 aliphatic heterocycles. The topological polar surface area (TPSA) is 37.2 Å². The van der Waals surface area contributed by atoms with E-state index in [1.165, 1.54) is 0 Å². The van der Waals surface area contributed by atoms with Gasteiger partial charge in [-0.1, -0.05) is 34.4 Å². The molecule has 3 rings (SSSR count). The third-order valence-electron chi connectivity index (χ3n) is 4.27. The molecule has 0 saturated carbocycles. The Balaban J connectivity index is 1.82. The molecule has 0 bridgehead atoms. The van der Waals surface area contributed by atoms with Crippen LogP contribution >= 0.6 is 23.2 Å². The monoisotopic (exact) mass is 389 g/mol. The Morgan fingerprint density at radius 3 is 2.62 bits per heavy atom. The number of aliphatic imine (C=N–C) groups is 1. The van der Waals surface area contributed by atoms with Gasteiger partial charge in [0.2, 0.25) is 0 Å². The standard InChI is InChI=1S/C20H21Cl2N3O/c1-12-8-18(23-11-25(3)4)13(2)7-16(12)20-10-19(24-26-20)15-6-5-14(21)9-17(15)22/h5-9,11,20H,10H2,1-4H3. The van der Waals surface area contributed by atoms with Crippen molar-refractivity contribution in [2.24, 2.45) is 10.1 Å². The molecular weight excluding hydrogens is 369 g/mol. The van der Waals surface area contributed by atoms with Gasteiger partial charge in [0, 0.05) is 31.1 Å². The Labute approximate surface area is 164 Å². The summed E-state index contributed by atoms with van der Waals surface area (Å²) < 4.78 is 0. The van der Waals surface area contributed by atoms with Crippen LogP contribution in [0.2, 0.25) is 10.0 Å². The highest BCUT2D eigenvalue weighted by atomic mass is 35.5. The number of hydrogen-bond acceptors (Lipinski definition) is 3. The molecule has 0 saturated heterocycles. The van der Waals surface area contributed by atoms with Crippen LogP contribution in [0.4, 0.5) is 5.69 Å². The molecule has 1 unspecified atom stereocenters. The average molecular weight is 390 g/mol. The molecular formula is C20H21Cl2N3O. The largest absolute Gasteiger partial charge is 0.387 e. The van der Waals surface area contributed by atoms with E-state index >= 15 is 0 Å². The fraction of sp³-hybridized carbons (Fsp3) is 0.300. The molecule has 1 atom stereocenters. The van der Waals surface area contributed by atoms with Gasteiger partial charge in [0.05, 0.1) is 22.8 Å². The second-order valence-electron chi connectivity index (χ2n) is 6.66. The van der Waals surface area contributed by atoms with Gasteiger partial charge in [-0.25, -0.2) is 4.99 Å². The van der Waals surface area contributed by atoms with E-state index in [1.807, 2.05) is 31.1 Å². The maximum Gasteiger partial charge on any atom is 0.158 e. The molecule has 1 aliphatic rings. The van der Waals surface area contributed by atoms with Gasteiger partial charge in [-0.2, -0.15) is 0 Å². The maximum absolute atomic E-state index is 6.30. The number of oxime groups is 1. The molecule has 6 heteroatoms. The summed E-state index contributed by atoms with van der Waals surface area (Å²) in [4.78, 5) is 12.1. The fourth-order valence-corrected chi connectivity index (χ4v) is 3.43. The smallest absolute Gasteiger partial charge is 0.158 e. The van der Waals surface area contributed by atoms with Gasteiger partial charge in [0.25, 0.3) is 0 Å². The molecule has 0 amide bonds. The highest BCUT2D eigenvalue weighted by Gasteiger charge is 2.27. The molecule has 0 fully saturated rings. The molecule has 2 aromatic rings. The zero-order valence-corrected chi connectivity index (χ0v) is 16.8. The Morgan fingerprint density at radius 1 is 1.15 bits per heavy atom. The molecule has 0 aliphatic carbocycles. The van der Waals surface area contributed by atoms with Gasteiger partial charge in [0.15, 0.2) is 6.10 Å². The van der Waals surface area contributed by atoms with Crippen LogP contribution in [-0.4, -0.2) is 31.0 Å². The van der Waals surface area contributed by atoms with E-state index in [2.05, 4.69) is 36.1 Å². The van der Waals surface area contributed by atoms with Crippen LogP contribution in [0.15, 0.2) is 40.5 Å². The van der Waals surface area contributed by atoms with Crippen molar-refractivity contribution in [2.45, 2.75) is 26.4 Å². The lowest BCUT2D eigenvalue weighted by Gasteiger charge is -2.14. The summed E-state index contributed by atoms with van der Waals surface area (Å²) in [5.74, 6) is 0. The summed E-state index contributed by atoms with van der Waals surface area (Å²) in [6.45, 7) is 4.12. The summed E-state index contributed by atoms with van der Waals surface area (Å²) in [5, 5.41) is 5.45. The fourth-order valence-electron chi connectivity index (χ4n) is 2.91. The second kappa shape index (κ2) is 7.68. The van der Waals surface area contributed by atoms with Crippen LogP contribution in [0.3, 0.4) is 0 Å². The van der Waals surface area contributed by atoms with Crippen LogP contribution in [0, 0.1) is 13.8 Å². The third-order valence-corrected chi connectivity index (χ3v) is 4.82. The quantitative estimate of drug-likeness (QED) is 0.496. The number of rotatable bonds is 4. The SMILES string of the molecule is Cc1cc(C2CC(c3ccc(Cl)cc3Cl)=NO2)c(C)cc1N=CN(C)C. The molecule has 0 radical (unpaired) electrons. The average Bonchev–Trinajstić information content (AvgIpc) is 3.04. The Kier molecular flexibility index (Phi) is 5.54. The first-order valence-electron chi connectivity index (χ1n) is 8.35. The van der Waals surface area contributed by atoms with Crippen molar-refractivity contribution < 1.29 is 4.84 Å². The number of halogens is 2. The van der Waals surface area contributed by atoms with E-state index in [4.69, 9.17) is 28.0 Å². The first kappa shape index (κ1) is 18.7. The molecule has 26 heavy (non-hydrogen) atoms. The molecule has 0 N–H and O–H groups in total. The van der Waals surface area contributed by atoms with E-state index in [0.717, 1.165) is 33.7 Å². The van der Waals surface area contributed by atoms with E-state index in [-0.39, 0.29) is 6.10 Å². The minimum Gasteiger partial charge on any atom is -0.387 e. The lowest BCUT2D eigenvalue weighted by molar-refractivity contribution is 0.0852. The van der Waals surface area contributed by atoms with E-state index in [0.29, 0.717) is 16.5 Å². The van der Waals surface area contributed by atoms with Crippen LogP contribution in [0.5, 0.6) is 0 Å². The third kappa shape index (κ3) is 4.02. The summed E-state index contributed by atoms with van der Waals surface area (Å²) in [7, 11) is 3.90. The summed E-state index contributed by atoms with van der Waals surface area (Å²) in [6.07, 6.45) is 2.35. The Morgan fingerprint density at radius 2 is 1.92 bits per heavy atom. The predicted octanol–water partition coefficient (Wildman–Crippen LogP) is 5.70. The van der Waals surface area contributed by atoms with Crippen molar-refractivity contribution in [2.75, 3.05) is 14.1 Å². The Hall–Kier alpha value is -2.04. The van der Waals surface area contributed by atoms with Crippen molar-refractivity contribution in [3.8, 4) is 0 Å². The zero-order chi connectivity index (χ0) is 18.8. The van der Waals surface area contributed by atoms with Crippen molar-refractivity contribution in [1.82, 2.24) is 4.90 Å². The maximum atomic E-state index is 6.30. The number of aryl methyl sites for hydroxylation is 2. The van der Waals surface area contributed by atoms with Crippen molar-refractivity contribution in [3.05, 3.63) is 62.6 Å². The zero-order valence-electron chi connectivity index (χ0n) is 15.3. The first-order valence-corrected chi connectivity index (χ1v) is 9.10. The van der Waals surface area contributed by atoms with E-state index in [9.17, 15) is 0 Å². The van der Waals surface area contributed by atoms with Crippen LogP contribution < -0.4 is 0 Å². The Bertz CT molecular complexity index is 891.